The largest absolute Gasteiger partial charge is 0.478 e. The van der Waals surface area contributed by atoms with Crippen molar-refractivity contribution in [3.63, 3.8) is 0 Å². The SMILES string of the molecule is O=C(Nc1c(Br)cccc1C(=O)O)c1ccnc(F)c1. The van der Waals surface area contributed by atoms with Gasteiger partial charge in [-0.3, -0.25) is 4.79 Å². The Kier molecular flexibility index (Phi) is 4.09. The highest BCUT2D eigenvalue weighted by Crippen LogP contribution is 2.27. The summed E-state index contributed by atoms with van der Waals surface area (Å²) in [4.78, 5) is 26.4. The van der Waals surface area contributed by atoms with Crippen LogP contribution in [0.1, 0.15) is 20.7 Å². The van der Waals surface area contributed by atoms with E-state index in [0.717, 1.165) is 12.3 Å². The molecule has 0 saturated heterocycles. The fourth-order valence-electron chi connectivity index (χ4n) is 1.56. The summed E-state index contributed by atoms with van der Waals surface area (Å²) in [6, 6.07) is 6.78. The Morgan fingerprint density at radius 1 is 1.30 bits per heavy atom. The van der Waals surface area contributed by atoms with Crippen LogP contribution in [0.3, 0.4) is 0 Å². The molecule has 0 aliphatic rings. The van der Waals surface area contributed by atoms with Gasteiger partial charge in [0.2, 0.25) is 5.95 Å². The molecule has 0 aliphatic heterocycles. The highest BCUT2D eigenvalue weighted by Gasteiger charge is 2.16. The Morgan fingerprint density at radius 3 is 2.70 bits per heavy atom. The summed E-state index contributed by atoms with van der Waals surface area (Å²) in [5.41, 5.74) is 0.0917. The predicted molar refractivity (Wildman–Crippen MR) is 73.2 cm³/mol. The van der Waals surface area contributed by atoms with Crippen molar-refractivity contribution in [1.82, 2.24) is 4.98 Å². The number of pyridine rings is 1. The van der Waals surface area contributed by atoms with Gasteiger partial charge in [-0.25, -0.2) is 9.78 Å². The average Bonchev–Trinajstić information content (AvgIpc) is 2.40. The monoisotopic (exact) mass is 338 g/mol. The van der Waals surface area contributed by atoms with Crippen LogP contribution in [0.2, 0.25) is 0 Å². The molecular formula is C13H8BrFN2O3. The molecule has 7 heteroatoms. The summed E-state index contributed by atoms with van der Waals surface area (Å²) in [5.74, 6) is -2.59. The highest BCUT2D eigenvalue weighted by atomic mass is 79.9. The van der Waals surface area contributed by atoms with Crippen LogP contribution in [-0.2, 0) is 0 Å². The van der Waals surface area contributed by atoms with Crippen LogP contribution >= 0.6 is 15.9 Å². The van der Waals surface area contributed by atoms with Crippen LogP contribution in [0.5, 0.6) is 0 Å². The molecule has 1 aromatic carbocycles. The number of rotatable bonds is 3. The lowest BCUT2D eigenvalue weighted by molar-refractivity contribution is 0.0698. The standard InChI is InChI=1S/C13H8BrFN2O3/c14-9-3-1-2-8(13(19)20)11(9)17-12(18)7-4-5-16-10(15)6-7/h1-6H,(H,17,18)(H,19,20). The summed E-state index contributed by atoms with van der Waals surface area (Å²) in [7, 11) is 0. The van der Waals surface area contributed by atoms with E-state index in [-0.39, 0.29) is 16.8 Å². The number of hydrogen-bond acceptors (Lipinski definition) is 3. The van der Waals surface area contributed by atoms with Crippen LogP contribution in [0, 0.1) is 5.95 Å². The van der Waals surface area contributed by atoms with Crippen molar-refractivity contribution >= 4 is 33.5 Å². The zero-order valence-corrected chi connectivity index (χ0v) is 11.5. The molecule has 20 heavy (non-hydrogen) atoms. The molecule has 2 aromatic rings. The maximum absolute atomic E-state index is 13.0. The van der Waals surface area contributed by atoms with Crippen LogP contribution in [-0.4, -0.2) is 22.0 Å². The van der Waals surface area contributed by atoms with Gasteiger partial charge >= 0.3 is 5.97 Å². The average molecular weight is 339 g/mol. The van der Waals surface area contributed by atoms with E-state index >= 15 is 0 Å². The summed E-state index contributed by atoms with van der Waals surface area (Å²) in [6.07, 6.45) is 1.16. The van der Waals surface area contributed by atoms with E-state index in [0.29, 0.717) is 4.47 Å². The topological polar surface area (TPSA) is 79.3 Å². The van der Waals surface area contributed by atoms with E-state index < -0.39 is 17.8 Å². The molecule has 0 saturated carbocycles. The van der Waals surface area contributed by atoms with Gasteiger partial charge in [0.05, 0.1) is 11.3 Å². The van der Waals surface area contributed by atoms with E-state index in [2.05, 4.69) is 26.2 Å². The Balaban J connectivity index is 2.35. The molecule has 1 amide bonds. The third-order valence-electron chi connectivity index (χ3n) is 2.47. The number of aromatic carboxylic acids is 1. The van der Waals surface area contributed by atoms with Crippen LogP contribution in [0.25, 0.3) is 0 Å². The number of anilines is 1. The first-order valence-electron chi connectivity index (χ1n) is 5.44. The normalized spacial score (nSPS) is 10.1. The molecular weight excluding hydrogens is 331 g/mol. The van der Waals surface area contributed by atoms with Crippen molar-refractivity contribution < 1.29 is 19.1 Å². The number of amides is 1. The van der Waals surface area contributed by atoms with Crippen molar-refractivity contribution in [2.24, 2.45) is 0 Å². The molecule has 2 rings (SSSR count). The zero-order chi connectivity index (χ0) is 14.7. The van der Waals surface area contributed by atoms with Crippen molar-refractivity contribution in [2.75, 3.05) is 5.32 Å². The fraction of sp³-hybridized carbons (Fsp3) is 0. The van der Waals surface area contributed by atoms with Gasteiger partial charge in [0.15, 0.2) is 0 Å². The van der Waals surface area contributed by atoms with Crippen LogP contribution < -0.4 is 5.32 Å². The minimum Gasteiger partial charge on any atom is -0.478 e. The van der Waals surface area contributed by atoms with Crippen LogP contribution in [0.4, 0.5) is 10.1 Å². The van der Waals surface area contributed by atoms with Crippen LogP contribution in [0.15, 0.2) is 41.0 Å². The number of benzene rings is 1. The maximum atomic E-state index is 13.0. The summed E-state index contributed by atoms with van der Waals surface area (Å²) >= 11 is 3.17. The number of nitrogens with zero attached hydrogens (tertiary/aromatic N) is 1. The van der Waals surface area contributed by atoms with Crippen molar-refractivity contribution in [3.8, 4) is 0 Å². The third kappa shape index (κ3) is 3.00. The van der Waals surface area contributed by atoms with E-state index in [1.807, 2.05) is 0 Å². The van der Waals surface area contributed by atoms with Gasteiger partial charge < -0.3 is 10.4 Å². The van der Waals surface area contributed by atoms with Crippen molar-refractivity contribution in [3.05, 3.63) is 58.1 Å². The number of nitrogens with one attached hydrogen (secondary N) is 1. The lowest BCUT2D eigenvalue weighted by atomic mass is 10.1. The van der Waals surface area contributed by atoms with Gasteiger partial charge in [0, 0.05) is 22.3 Å². The zero-order valence-electron chi connectivity index (χ0n) is 9.93. The summed E-state index contributed by atoms with van der Waals surface area (Å²) in [6.45, 7) is 0. The second kappa shape index (κ2) is 5.79. The molecule has 0 spiro atoms. The molecule has 2 N–H and O–H groups in total. The number of para-hydroxylation sites is 1. The molecule has 0 radical (unpaired) electrons. The van der Waals surface area contributed by atoms with Crippen molar-refractivity contribution in [1.29, 1.82) is 0 Å². The number of aromatic nitrogens is 1. The number of carboxylic acid groups (broad SMARTS) is 1. The number of halogens is 2. The second-order valence-electron chi connectivity index (χ2n) is 3.79. The quantitative estimate of drug-likeness (QED) is 0.843. The molecule has 0 fully saturated rings. The molecule has 0 unspecified atom stereocenters. The minimum atomic E-state index is -1.18. The van der Waals surface area contributed by atoms with Gasteiger partial charge in [-0.2, -0.15) is 4.39 Å². The highest BCUT2D eigenvalue weighted by molar-refractivity contribution is 9.10. The number of hydrogen-bond donors (Lipinski definition) is 2. The molecule has 102 valence electrons. The third-order valence-corrected chi connectivity index (χ3v) is 3.13. The van der Waals surface area contributed by atoms with E-state index in [9.17, 15) is 14.0 Å². The molecule has 1 heterocycles. The Bertz CT molecular complexity index is 691. The lowest BCUT2D eigenvalue weighted by Gasteiger charge is -2.10. The lowest BCUT2D eigenvalue weighted by Crippen LogP contribution is -2.15. The second-order valence-corrected chi connectivity index (χ2v) is 4.64. The molecule has 0 aliphatic carbocycles. The molecule has 0 bridgehead atoms. The van der Waals surface area contributed by atoms with Gasteiger partial charge in [0.25, 0.3) is 5.91 Å². The van der Waals surface area contributed by atoms with Gasteiger partial charge in [-0.1, -0.05) is 6.07 Å². The maximum Gasteiger partial charge on any atom is 0.337 e. The Morgan fingerprint density at radius 2 is 2.05 bits per heavy atom. The van der Waals surface area contributed by atoms with Gasteiger partial charge in [-0.15, -0.1) is 0 Å². The summed E-state index contributed by atoms with van der Waals surface area (Å²) < 4.78 is 13.4. The van der Waals surface area contributed by atoms with Crippen molar-refractivity contribution in [2.45, 2.75) is 0 Å². The molecule has 1 aromatic heterocycles. The first-order valence-corrected chi connectivity index (χ1v) is 6.23. The predicted octanol–water partition coefficient (Wildman–Crippen LogP) is 2.93. The first-order chi connectivity index (χ1) is 9.49. The van der Waals surface area contributed by atoms with Gasteiger partial charge in [0.1, 0.15) is 0 Å². The first kappa shape index (κ1) is 14.1. The molecule has 0 atom stereocenters. The Labute approximate surface area is 121 Å². The molecule has 5 nitrogen and oxygen atoms in total. The van der Waals surface area contributed by atoms with E-state index in [4.69, 9.17) is 5.11 Å². The number of carbonyl (C=O) groups is 2. The number of carboxylic acids is 1. The van der Waals surface area contributed by atoms with E-state index in [1.165, 1.54) is 18.2 Å². The van der Waals surface area contributed by atoms with E-state index in [1.54, 1.807) is 6.07 Å². The fourth-order valence-corrected chi connectivity index (χ4v) is 2.02. The smallest absolute Gasteiger partial charge is 0.337 e. The van der Waals surface area contributed by atoms with Gasteiger partial charge in [-0.05, 0) is 34.1 Å². The minimum absolute atomic E-state index is 0.0459. The number of carbonyl (C=O) groups excluding carboxylic acids is 1. The Hall–Kier alpha value is -2.28. The summed E-state index contributed by atoms with van der Waals surface area (Å²) in [5, 5.41) is 11.5.